The van der Waals surface area contributed by atoms with Crippen LogP contribution < -0.4 is 15.0 Å². The van der Waals surface area contributed by atoms with E-state index >= 15 is 0 Å². The largest absolute Gasteiger partial charge is 0.342 e. The lowest BCUT2D eigenvalue weighted by molar-refractivity contribution is -0.442. The van der Waals surface area contributed by atoms with Crippen molar-refractivity contribution in [3.8, 4) is 0 Å². The van der Waals surface area contributed by atoms with E-state index in [-0.39, 0.29) is 10.8 Å². The summed E-state index contributed by atoms with van der Waals surface area (Å²) < 4.78 is 2.41. The second-order valence-electron chi connectivity index (χ2n) is 16.9. The van der Waals surface area contributed by atoms with Crippen molar-refractivity contribution in [1.29, 1.82) is 0 Å². The number of allylic oxidation sites excluding steroid dienone is 6. The van der Waals surface area contributed by atoms with Gasteiger partial charge in [-0.3, -0.25) is 9.68 Å². The summed E-state index contributed by atoms with van der Waals surface area (Å²) in [6.07, 6.45) is 11.0. The fraction of sp³-hybridized carbons (Fsp3) is 0.189. The summed E-state index contributed by atoms with van der Waals surface area (Å²) in [6, 6.07) is 46.1. The molecule has 63 heavy (non-hydrogen) atoms. The minimum absolute atomic E-state index is 0.209. The summed E-state index contributed by atoms with van der Waals surface area (Å²) in [4.78, 5) is 20.3. The molecule has 4 aliphatic rings. The zero-order chi connectivity index (χ0) is 43.3. The van der Waals surface area contributed by atoms with Crippen LogP contribution in [-0.4, -0.2) is 36.6 Å². The molecular weight excluding hydrogens is 860 g/mol. The lowest BCUT2D eigenvalue weighted by Gasteiger charge is -2.33. The fourth-order valence-corrected chi connectivity index (χ4v) is 11.6. The first-order valence-electron chi connectivity index (χ1n) is 21.3. The molecule has 0 fully saturated rings. The Morgan fingerprint density at radius 2 is 1.10 bits per heavy atom. The van der Waals surface area contributed by atoms with Crippen LogP contribution in [0.3, 0.4) is 0 Å². The Hall–Kier alpha value is -5.19. The zero-order valence-corrected chi connectivity index (χ0v) is 38.7. The molecule has 0 aliphatic carbocycles. The van der Waals surface area contributed by atoms with Crippen LogP contribution in [-0.2, 0) is 20.5 Å². The van der Waals surface area contributed by atoms with Gasteiger partial charge in [0.1, 0.15) is 6.61 Å². The first-order chi connectivity index (χ1) is 30.6. The molecule has 0 unspecified atom stereocenters. The van der Waals surface area contributed by atoms with E-state index in [1.54, 1.807) is 23.5 Å². The minimum atomic E-state index is -0.209. The number of anilines is 5. The lowest BCUT2D eigenvalue weighted by Crippen LogP contribution is -2.31. The maximum absolute atomic E-state index is 6.68. The first kappa shape index (κ1) is 41.8. The van der Waals surface area contributed by atoms with E-state index in [4.69, 9.17) is 32.9 Å². The Kier molecular flexibility index (Phi) is 11.3. The van der Waals surface area contributed by atoms with E-state index in [9.17, 15) is 0 Å². The van der Waals surface area contributed by atoms with Crippen molar-refractivity contribution in [1.82, 2.24) is 0 Å². The number of fused-ring (bicyclic) bond motifs is 6. The maximum Gasteiger partial charge on any atom is 0.209 e. The molecule has 6 aromatic rings. The summed E-state index contributed by atoms with van der Waals surface area (Å²) in [5, 5.41) is 5.26. The molecule has 10 rings (SSSR count). The molecule has 4 aliphatic heterocycles. The highest BCUT2D eigenvalue weighted by Gasteiger charge is 2.44. The number of halogens is 2. The van der Waals surface area contributed by atoms with Crippen molar-refractivity contribution in [3.05, 3.63) is 191 Å². The molecule has 0 spiro atoms. The second-order valence-corrected chi connectivity index (χ2v) is 19.9. The van der Waals surface area contributed by atoms with Gasteiger partial charge in [0.25, 0.3) is 0 Å². The molecule has 0 saturated carbocycles. The third kappa shape index (κ3) is 7.71. The normalized spacial score (nSPS) is 17.3. The minimum Gasteiger partial charge on any atom is -0.342 e. The quantitative estimate of drug-likeness (QED) is 0.0946. The van der Waals surface area contributed by atoms with Crippen LogP contribution in [0.2, 0.25) is 10.0 Å². The Morgan fingerprint density at radius 1 is 0.556 bits per heavy atom. The SMILES string of the molecule is CC1(C)C(/C=C/C=C/C=C2\N(CCON3c4ccccc4Sc4ccc(Cl)cc43)c3ccccc3C2(C)C)=[N+](CCON2c3ccccc3Sc3ccc(Cl)cc32)c2ccccc21. The molecule has 0 radical (unpaired) electrons. The number of nitrogens with zero attached hydrogens (tertiary/aromatic N) is 4. The summed E-state index contributed by atoms with van der Waals surface area (Å²) in [5.74, 6) is 0. The van der Waals surface area contributed by atoms with Gasteiger partial charge in [-0.1, -0.05) is 139 Å². The average Bonchev–Trinajstić information content (AvgIpc) is 3.64. The molecule has 316 valence electrons. The molecule has 6 nitrogen and oxygen atoms in total. The van der Waals surface area contributed by atoms with E-state index < -0.39 is 0 Å². The van der Waals surface area contributed by atoms with Gasteiger partial charge in [0.15, 0.2) is 12.3 Å². The van der Waals surface area contributed by atoms with Crippen molar-refractivity contribution >= 4 is 86.6 Å². The third-order valence-electron chi connectivity index (χ3n) is 12.3. The predicted octanol–water partition coefficient (Wildman–Crippen LogP) is 14.6. The lowest BCUT2D eigenvalue weighted by atomic mass is 9.81. The molecule has 0 aromatic heterocycles. The predicted molar refractivity (Wildman–Crippen MR) is 263 cm³/mol. The van der Waals surface area contributed by atoms with Gasteiger partial charge in [-0.2, -0.15) is 4.58 Å². The highest BCUT2D eigenvalue weighted by atomic mass is 35.5. The summed E-state index contributed by atoms with van der Waals surface area (Å²) in [7, 11) is 0. The van der Waals surface area contributed by atoms with Crippen molar-refractivity contribution in [3.63, 3.8) is 0 Å². The van der Waals surface area contributed by atoms with Crippen molar-refractivity contribution in [2.24, 2.45) is 0 Å². The molecule has 0 bridgehead atoms. The number of benzene rings is 6. The Balaban J connectivity index is 0.896. The van der Waals surface area contributed by atoms with Gasteiger partial charge < -0.3 is 4.90 Å². The smallest absolute Gasteiger partial charge is 0.209 e. The Bertz CT molecular complexity index is 2890. The highest BCUT2D eigenvalue weighted by Crippen LogP contribution is 2.51. The maximum atomic E-state index is 6.68. The van der Waals surface area contributed by atoms with E-state index in [2.05, 4.69) is 177 Å². The van der Waals surface area contributed by atoms with Gasteiger partial charge in [0.05, 0.1) is 34.8 Å². The molecule has 10 heteroatoms. The zero-order valence-electron chi connectivity index (χ0n) is 35.6. The molecule has 0 atom stereocenters. The van der Waals surface area contributed by atoms with Crippen molar-refractivity contribution in [2.45, 2.75) is 58.1 Å². The average molecular weight is 907 g/mol. The summed E-state index contributed by atoms with van der Waals surface area (Å²) >= 11 is 16.5. The monoisotopic (exact) mass is 905 g/mol. The van der Waals surface area contributed by atoms with Gasteiger partial charge in [-0.25, -0.2) is 10.1 Å². The third-order valence-corrected chi connectivity index (χ3v) is 15.0. The van der Waals surface area contributed by atoms with E-state index in [1.807, 2.05) is 34.4 Å². The Labute approximate surface area is 388 Å². The number of rotatable bonds is 11. The van der Waals surface area contributed by atoms with Crippen LogP contribution in [0.1, 0.15) is 38.8 Å². The molecular formula is C53H47Cl2N4O2S2+. The number of para-hydroxylation sites is 4. The molecule has 0 amide bonds. The molecule has 0 saturated heterocycles. The van der Waals surface area contributed by atoms with Gasteiger partial charge in [0, 0.05) is 70.7 Å². The molecule has 0 N–H and O–H groups in total. The summed E-state index contributed by atoms with van der Waals surface area (Å²) in [6.45, 7) is 11.5. The Morgan fingerprint density at radius 3 is 1.75 bits per heavy atom. The van der Waals surface area contributed by atoms with Crippen LogP contribution in [0.4, 0.5) is 34.1 Å². The summed E-state index contributed by atoms with van der Waals surface area (Å²) in [5.41, 5.74) is 11.0. The molecule has 4 heterocycles. The highest BCUT2D eigenvalue weighted by molar-refractivity contribution is 8.00. The van der Waals surface area contributed by atoms with Crippen LogP contribution in [0.5, 0.6) is 0 Å². The van der Waals surface area contributed by atoms with Crippen LogP contribution in [0, 0.1) is 0 Å². The molecule has 6 aromatic carbocycles. The van der Waals surface area contributed by atoms with Crippen molar-refractivity contribution in [2.75, 3.05) is 41.3 Å². The van der Waals surface area contributed by atoms with E-state index in [1.165, 1.54) is 33.9 Å². The standard InChI is InChI=1S/C53H47Cl2N4O2S2/c1-52(2)38-16-8-10-18-40(38)56(30-32-60-58-42-20-12-14-22-46(42)62-48-28-26-36(54)34-44(48)58)50(52)24-6-5-7-25-51-53(3,4)39-17-9-11-19-41(39)57(51)31-33-61-59-43-21-13-15-23-47(43)63-49-29-27-37(55)35-45(49)59/h5-29,34-35H,30-33H2,1-4H3/q+1. The van der Waals surface area contributed by atoms with Gasteiger partial charge in [-0.15, -0.1) is 0 Å². The second kappa shape index (κ2) is 17.1. The van der Waals surface area contributed by atoms with E-state index in [0.29, 0.717) is 36.3 Å². The van der Waals surface area contributed by atoms with Crippen LogP contribution in [0.25, 0.3) is 0 Å². The number of hydrogen-bond acceptors (Lipinski definition) is 7. The first-order valence-corrected chi connectivity index (χ1v) is 23.6. The van der Waals surface area contributed by atoms with Gasteiger partial charge >= 0.3 is 0 Å². The van der Waals surface area contributed by atoms with Crippen LogP contribution >= 0.6 is 46.7 Å². The number of hydrogen-bond donors (Lipinski definition) is 0. The van der Waals surface area contributed by atoms with Gasteiger partial charge in [0.2, 0.25) is 5.69 Å². The van der Waals surface area contributed by atoms with E-state index in [0.717, 1.165) is 42.3 Å². The van der Waals surface area contributed by atoms with Crippen molar-refractivity contribution < 1.29 is 14.3 Å². The van der Waals surface area contributed by atoms with Gasteiger partial charge in [-0.05, 0) is 92.2 Å². The topological polar surface area (TPSA) is 31.2 Å². The fourth-order valence-electron chi connectivity index (χ4n) is 9.24. The van der Waals surface area contributed by atoms with Crippen LogP contribution in [0.15, 0.2) is 189 Å².